The molecule has 8 aromatic rings. The summed E-state index contributed by atoms with van der Waals surface area (Å²) >= 11 is 0. The molecule has 0 aliphatic rings. The van der Waals surface area contributed by atoms with Crippen molar-refractivity contribution in [2.45, 2.75) is 67.0 Å². The molecule has 8 rings (SSSR count). The summed E-state index contributed by atoms with van der Waals surface area (Å²) in [4.78, 5) is 18.7. The van der Waals surface area contributed by atoms with Crippen LogP contribution in [0.5, 0.6) is 0 Å². The van der Waals surface area contributed by atoms with Crippen molar-refractivity contribution in [3.63, 3.8) is 0 Å². The number of aryl methyl sites for hydroxylation is 4. The Morgan fingerprint density at radius 2 is 1.62 bits per heavy atom. The van der Waals surface area contributed by atoms with Gasteiger partial charge in [-0.1, -0.05) is 75.1 Å². The topological polar surface area (TPSA) is 69.6 Å². The standard InChI is InChI=1S/C26H19N4O.C18H24NSi.Ir/c1-15-11-12-20-19-7-6-8-21(24(19)31-26(20)28-15)25-29-22-9-4-5-10-23(22)30(25)18-13-16(2)27-17(3)14-18;1-13(2)16-11-17(15-9-7-14(3)8-10-15)19-12-18(16)20(4,5)6;/h4-7,9-14H,1-3H3;7-9,11-13H,1-6H3;/q2*-1;/i;3D3,13D;. The summed E-state index contributed by atoms with van der Waals surface area (Å²) in [6, 6.07) is 33.5. The number of imidazole rings is 1. The van der Waals surface area contributed by atoms with Crippen LogP contribution in [-0.2, 0) is 20.1 Å². The molecule has 6 nitrogen and oxygen atoms in total. The van der Waals surface area contributed by atoms with Crippen LogP contribution < -0.4 is 5.19 Å². The summed E-state index contributed by atoms with van der Waals surface area (Å²) in [6.45, 7) is 14.4. The number of rotatable bonds is 5. The van der Waals surface area contributed by atoms with E-state index >= 15 is 0 Å². The molecule has 0 fully saturated rings. The van der Waals surface area contributed by atoms with Gasteiger partial charge < -0.3 is 14.0 Å². The van der Waals surface area contributed by atoms with Gasteiger partial charge in [0.25, 0.3) is 0 Å². The summed E-state index contributed by atoms with van der Waals surface area (Å²) < 4.78 is 39.2. The molecule has 0 amide bonds. The van der Waals surface area contributed by atoms with Gasteiger partial charge >= 0.3 is 0 Å². The Bertz CT molecular complexity index is 2690. The minimum absolute atomic E-state index is 0. The van der Waals surface area contributed by atoms with E-state index in [4.69, 9.17) is 14.9 Å². The van der Waals surface area contributed by atoms with E-state index in [1.54, 1.807) is 12.1 Å². The molecular weight excluding hydrogens is 835 g/mol. The van der Waals surface area contributed by atoms with Gasteiger partial charge in [-0.2, -0.15) is 0 Å². The van der Waals surface area contributed by atoms with Gasteiger partial charge in [-0.25, -0.2) is 4.98 Å². The molecule has 1 radical (unpaired) electrons. The van der Waals surface area contributed by atoms with Crippen LogP contribution in [0, 0.1) is 39.8 Å². The average molecular weight is 882 g/mol. The maximum atomic E-state index is 8.48. The van der Waals surface area contributed by atoms with Crippen molar-refractivity contribution in [1.82, 2.24) is 24.5 Å². The van der Waals surface area contributed by atoms with E-state index in [0.29, 0.717) is 5.71 Å². The van der Waals surface area contributed by atoms with Crippen molar-refractivity contribution in [3.05, 3.63) is 131 Å². The maximum Gasteiger partial charge on any atom is 0.216 e. The average Bonchev–Trinajstić information content (AvgIpc) is 3.68. The number of benzene rings is 3. The Hall–Kier alpha value is -4.75. The predicted octanol–water partition coefficient (Wildman–Crippen LogP) is 10.6. The van der Waals surface area contributed by atoms with Gasteiger partial charge in [-0.3, -0.25) is 9.97 Å². The first-order valence-electron chi connectivity index (χ1n) is 19.1. The molecule has 0 spiro atoms. The third-order valence-electron chi connectivity index (χ3n) is 8.89. The number of para-hydroxylation sites is 2. The third kappa shape index (κ3) is 7.29. The number of hydrogen-bond acceptors (Lipinski definition) is 5. The smallest absolute Gasteiger partial charge is 0.216 e. The second kappa shape index (κ2) is 14.7. The molecule has 0 unspecified atom stereocenters. The first-order valence-corrected chi connectivity index (χ1v) is 20.6. The molecule has 0 saturated carbocycles. The molecule has 265 valence electrons. The van der Waals surface area contributed by atoms with E-state index in [0.717, 1.165) is 78.4 Å². The van der Waals surface area contributed by atoms with Crippen LogP contribution in [0.3, 0.4) is 0 Å². The zero-order valence-corrected chi connectivity index (χ0v) is 34.0. The SMILES string of the molecule is Cc1cc(-n2c(-c3[c-]ccc4c3oc3nc(C)ccc34)nc3ccccc32)cc(C)n1.[2H]C([2H])([2H])c1c[c-]c(-c2cc(C([2H])(C)C)c([Si](C)(C)C)cn2)cc1.[Ir]. The molecule has 0 N–H and O–H groups in total. The Balaban J connectivity index is 0.000000194. The third-order valence-corrected chi connectivity index (χ3v) is 10.9. The molecule has 0 aliphatic heterocycles. The number of hydrogen-bond donors (Lipinski definition) is 0. The summed E-state index contributed by atoms with van der Waals surface area (Å²) in [7, 11) is -1.61. The van der Waals surface area contributed by atoms with E-state index < -0.39 is 20.8 Å². The number of aromatic nitrogens is 5. The minimum atomic E-state index is -2.13. The van der Waals surface area contributed by atoms with E-state index in [-0.39, 0.29) is 25.7 Å². The Labute approximate surface area is 326 Å². The fourth-order valence-corrected chi connectivity index (χ4v) is 8.06. The normalized spacial score (nSPS) is 13.2. The van der Waals surface area contributed by atoms with Crippen molar-refractivity contribution in [1.29, 1.82) is 0 Å². The van der Waals surface area contributed by atoms with Gasteiger partial charge in [0.15, 0.2) is 0 Å². The number of pyridine rings is 3. The monoisotopic (exact) mass is 882 g/mol. The first-order chi connectivity index (χ1) is 25.9. The zero-order chi connectivity index (χ0) is 39.4. The minimum Gasteiger partial charge on any atom is -0.486 e. The molecule has 52 heavy (non-hydrogen) atoms. The van der Waals surface area contributed by atoms with Crippen LogP contribution >= 0.6 is 0 Å². The fourth-order valence-electron chi connectivity index (χ4n) is 6.48. The van der Waals surface area contributed by atoms with Crippen LogP contribution in [0.2, 0.25) is 19.6 Å². The van der Waals surface area contributed by atoms with Crippen LogP contribution in [-0.4, -0.2) is 32.6 Å². The zero-order valence-electron chi connectivity index (χ0n) is 34.6. The predicted molar refractivity (Wildman–Crippen MR) is 213 cm³/mol. The van der Waals surface area contributed by atoms with Crippen LogP contribution in [0.4, 0.5) is 0 Å². The largest absolute Gasteiger partial charge is 0.486 e. The molecule has 8 heteroatoms. The first kappa shape index (κ1) is 31.9. The number of furan rings is 1. The number of fused-ring (bicyclic) bond motifs is 4. The second-order valence-corrected chi connectivity index (χ2v) is 19.3. The Morgan fingerprint density at radius 3 is 2.31 bits per heavy atom. The van der Waals surface area contributed by atoms with Crippen LogP contribution in [0.15, 0.2) is 95.5 Å². The van der Waals surface area contributed by atoms with Crippen LogP contribution in [0.25, 0.3) is 61.4 Å². The van der Waals surface area contributed by atoms with E-state index in [1.165, 1.54) is 11.3 Å². The second-order valence-electron chi connectivity index (χ2n) is 14.2. The summed E-state index contributed by atoms with van der Waals surface area (Å²) in [5.74, 6) is 0.0685. The quantitative estimate of drug-likeness (QED) is 0.127. The molecule has 0 aliphatic carbocycles. The maximum absolute atomic E-state index is 8.48. The van der Waals surface area contributed by atoms with Gasteiger partial charge in [0, 0.05) is 59.9 Å². The van der Waals surface area contributed by atoms with Crippen molar-refractivity contribution in [3.8, 4) is 28.3 Å². The van der Waals surface area contributed by atoms with Gasteiger partial charge in [0.2, 0.25) is 5.71 Å². The fraction of sp³-hybridized carbons (Fsp3) is 0.227. The van der Waals surface area contributed by atoms with Crippen molar-refractivity contribution >= 4 is 46.4 Å². The number of nitrogens with zero attached hydrogens (tertiary/aromatic N) is 5. The van der Waals surface area contributed by atoms with Crippen molar-refractivity contribution in [2.24, 2.45) is 0 Å². The van der Waals surface area contributed by atoms with Gasteiger partial charge in [0.05, 0.1) is 30.5 Å². The molecule has 3 aromatic carbocycles. The molecule has 0 bridgehead atoms. The van der Waals surface area contributed by atoms with Gasteiger partial charge in [-0.15, -0.1) is 53.6 Å². The van der Waals surface area contributed by atoms with E-state index in [9.17, 15) is 0 Å². The Morgan fingerprint density at radius 1 is 0.846 bits per heavy atom. The Kier molecular flexibility index (Phi) is 9.03. The molecule has 0 atom stereocenters. The summed E-state index contributed by atoms with van der Waals surface area (Å²) in [5, 5.41) is 3.19. The van der Waals surface area contributed by atoms with Gasteiger partial charge in [-0.05, 0) is 73.9 Å². The summed E-state index contributed by atoms with van der Waals surface area (Å²) in [6.07, 6.45) is 1.89. The van der Waals surface area contributed by atoms with Crippen molar-refractivity contribution in [2.75, 3.05) is 0 Å². The van der Waals surface area contributed by atoms with Gasteiger partial charge in [0.1, 0.15) is 0 Å². The molecular formula is C44H43IrN5OSi-2. The molecule has 5 aromatic heterocycles. The molecule has 0 saturated heterocycles. The summed E-state index contributed by atoms with van der Waals surface area (Å²) in [5.41, 5.74) is 10.7. The van der Waals surface area contributed by atoms with Crippen LogP contribution in [0.1, 0.15) is 53.4 Å². The van der Waals surface area contributed by atoms with Crippen molar-refractivity contribution < 1.29 is 30.0 Å². The van der Waals surface area contributed by atoms with E-state index in [2.05, 4.69) is 75.6 Å². The molecule has 5 heterocycles. The van der Waals surface area contributed by atoms with E-state index in [1.807, 2.05) is 83.3 Å².